The second-order valence-electron chi connectivity index (χ2n) is 4.10. The Bertz CT molecular complexity index is 517. The first-order chi connectivity index (χ1) is 7.24. The molecule has 0 N–H and O–H groups in total. The fourth-order valence-corrected chi connectivity index (χ4v) is 2.89. The smallest absolute Gasteiger partial charge is 0.141 e. The van der Waals surface area contributed by atoms with Crippen LogP contribution >= 0.6 is 38.5 Å². The number of pyridine rings is 1. The number of hydrogen-bond acceptors (Lipinski definition) is 1. The van der Waals surface area contributed by atoms with Crippen molar-refractivity contribution in [2.24, 2.45) is 5.92 Å². The molecular formula is C11H10BrIN2. The van der Waals surface area contributed by atoms with Crippen LogP contribution in [0.15, 0.2) is 22.9 Å². The van der Waals surface area contributed by atoms with E-state index in [1.165, 1.54) is 21.8 Å². The summed E-state index contributed by atoms with van der Waals surface area (Å²) in [7, 11) is 0. The highest BCUT2D eigenvalue weighted by Gasteiger charge is 2.22. The fourth-order valence-electron chi connectivity index (χ4n) is 1.82. The van der Waals surface area contributed by atoms with Crippen LogP contribution in [0.2, 0.25) is 0 Å². The van der Waals surface area contributed by atoms with E-state index in [1.807, 2.05) is 6.20 Å². The van der Waals surface area contributed by atoms with Crippen molar-refractivity contribution >= 4 is 49.6 Å². The molecule has 0 aliphatic heterocycles. The van der Waals surface area contributed by atoms with Gasteiger partial charge in [-0.05, 0) is 63.3 Å². The summed E-state index contributed by atoms with van der Waals surface area (Å²) in [5, 5.41) is 1.26. The molecule has 1 aliphatic carbocycles. The Labute approximate surface area is 110 Å². The molecule has 3 rings (SSSR count). The Hall–Kier alpha value is -0.100. The first kappa shape index (κ1) is 10.1. The molecular weight excluding hydrogens is 367 g/mol. The molecule has 1 aliphatic rings. The second-order valence-corrected chi connectivity index (χ2v) is 6.18. The average molecular weight is 377 g/mol. The van der Waals surface area contributed by atoms with E-state index in [0.29, 0.717) is 0 Å². The van der Waals surface area contributed by atoms with E-state index in [9.17, 15) is 0 Å². The number of fused-ring (bicyclic) bond motifs is 1. The highest BCUT2D eigenvalue weighted by atomic mass is 127. The van der Waals surface area contributed by atoms with Crippen LogP contribution in [-0.4, -0.2) is 9.55 Å². The minimum Gasteiger partial charge on any atom is -0.331 e. The fraction of sp³-hybridized carbons (Fsp3) is 0.364. The summed E-state index contributed by atoms with van der Waals surface area (Å²) < 4.78 is 4.63. The van der Waals surface area contributed by atoms with Gasteiger partial charge in [0.2, 0.25) is 0 Å². The quantitative estimate of drug-likeness (QED) is 0.728. The van der Waals surface area contributed by atoms with Gasteiger partial charge in [-0.25, -0.2) is 4.98 Å². The maximum Gasteiger partial charge on any atom is 0.141 e. The molecule has 0 aromatic carbocycles. The van der Waals surface area contributed by atoms with Gasteiger partial charge in [0.15, 0.2) is 0 Å². The largest absolute Gasteiger partial charge is 0.331 e. The average Bonchev–Trinajstić information content (AvgIpc) is 2.95. The van der Waals surface area contributed by atoms with Crippen molar-refractivity contribution in [2.45, 2.75) is 19.4 Å². The van der Waals surface area contributed by atoms with E-state index < -0.39 is 0 Å². The molecule has 78 valence electrons. The van der Waals surface area contributed by atoms with Gasteiger partial charge in [-0.15, -0.1) is 0 Å². The summed E-state index contributed by atoms with van der Waals surface area (Å²) in [6.07, 6.45) is 6.85. The highest BCUT2D eigenvalue weighted by Crippen LogP contribution is 2.33. The maximum atomic E-state index is 4.49. The molecule has 2 nitrogen and oxygen atoms in total. The number of nitrogens with zero attached hydrogens (tertiary/aromatic N) is 2. The summed E-state index contributed by atoms with van der Waals surface area (Å²) in [5.74, 6) is 0.891. The van der Waals surface area contributed by atoms with Gasteiger partial charge in [0, 0.05) is 32.4 Å². The molecule has 0 saturated heterocycles. The Balaban J connectivity index is 2.13. The van der Waals surface area contributed by atoms with Gasteiger partial charge >= 0.3 is 0 Å². The molecule has 0 radical (unpaired) electrons. The predicted molar refractivity (Wildman–Crippen MR) is 72.9 cm³/mol. The number of halogens is 2. The molecule has 1 saturated carbocycles. The zero-order valence-electron chi connectivity index (χ0n) is 8.08. The third kappa shape index (κ3) is 1.93. The summed E-state index contributed by atoms with van der Waals surface area (Å²) in [5.41, 5.74) is 1.12. The Morgan fingerprint density at radius 3 is 3.07 bits per heavy atom. The lowest BCUT2D eigenvalue weighted by molar-refractivity contribution is 0.642. The Morgan fingerprint density at radius 1 is 1.53 bits per heavy atom. The van der Waals surface area contributed by atoms with Crippen LogP contribution in [0, 0.1) is 9.49 Å². The van der Waals surface area contributed by atoms with Gasteiger partial charge in [-0.2, -0.15) is 0 Å². The molecule has 0 bridgehead atoms. The van der Waals surface area contributed by atoms with Gasteiger partial charge in [-0.1, -0.05) is 0 Å². The molecule has 0 atom stereocenters. The molecule has 2 aromatic heterocycles. The van der Waals surface area contributed by atoms with Crippen molar-refractivity contribution in [2.75, 3.05) is 0 Å². The molecule has 2 aromatic rings. The Kier molecular flexibility index (Phi) is 2.51. The third-order valence-corrected chi connectivity index (χ3v) is 4.08. The van der Waals surface area contributed by atoms with Crippen molar-refractivity contribution in [3.8, 4) is 0 Å². The molecule has 0 amide bonds. The highest BCUT2D eigenvalue weighted by molar-refractivity contribution is 14.1. The minimum absolute atomic E-state index is 0.891. The van der Waals surface area contributed by atoms with Crippen molar-refractivity contribution in [3.05, 3.63) is 26.5 Å². The molecule has 0 spiro atoms. The van der Waals surface area contributed by atoms with Crippen LogP contribution in [0.5, 0.6) is 0 Å². The van der Waals surface area contributed by atoms with Gasteiger partial charge in [0.25, 0.3) is 0 Å². The first-order valence-corrected chi connectivity index (χ1v) is 6.91. The van der Waals surface area contributed by atoms with E-state index in [-0.39, 0.29) is 0 Å². The molecule has 2 heterocycles. The van der Waals surface area contributed by atoms with E-state index in [0.717, 1.165) is 22.6 Å². The molecule has 4 heteroatoms. The first-order valence-electron chi connectivity index (χ1n) is 5.04. The van der Waals surface area contributed by atoms with Crippen molar-refractivity contribution in [3.63, 3.8) is 0 Å². The lowest BCUT2D eigenvalue weighted by Crippen LogP contribution is -1.98. The number of rotatable bonds is 2. The van der Waals surface area contributed by atoms with Crippen LogP contribution in [0.25, 0.3) is 11.0 Å². The predicted octanol–water partition coefficient (Wildman–Crippen LogP) is 3.81. The lowest BCUT2D eigenvalue weighted by Gasteiger charge is -2.01. The topological polar surface area (TPSA) is 17.8 Å². The standard InChI is InChI=1S/C11H10BrIN2/c12-8-3-9-10(13)6-15(5-7-1-2-7)11(9)14-4-8/h3-4,6-7H,1-2,5H2. The van der Waals surface area contributed by atoms with Crippen molar-refractivity contribution < 1.29 is 0 Å². The lowest BCUT2D eigenvalue weighted by atomic mass is 10.3. The van der Waals surface area contributed by atoms with Gasteiger partial charge in [-0.3, -0.25) is 0 Å². The second kappa shape index (κ2) is 3.73. The summed E-state index contributed by atoms with van der Waals surface area (Å²) in [4.78, 5) is 4.49. The third-order valence-electron chi connectivity index (χ3n) is 2.78. The number of aromatic nitrogens is 2. The normalized spacial score (nSPS) is 16.1. The van der Waals surface area contributed by atoms with E-state index in [2.05, 4.69) is 60.3 Å². The Morgan fingerprint density at radius 2 is 2.33 bits per heavy atom. The van der Waals surface area contributed by atoms with Crippen LogP contribution in [0.4, 0.5) is 0 Å². The zero-order chi connectivity index (χ0) is 10.4. The van der Waals surface area contributed by atoms with E-state index >= 15 is 0 Å². The van der Waals surface area contributed by atoms with Crippen molar-refractivity contribution in [1.29, 1.82) is 0 Å². The molecule has 1 fully saturated rings. The van der Waals surface area contributed by atoms with Crippen LogP contribution in [0.3, 0.4) is 0 Å². The molecule has 15 heavy (non-hydrogen) atoms. The summed E-state index contributed by atoms with van der Waals surface area (Å²) >= 11 is 5.85. The monoisotopic (exact) mass is 376 g/mol. The SMILES string of the molecule is Brc1cnc2c(c1)c(I)cn2CC1CC1. The van der Waals surface area contributed by atoms with Gasteiger partial charge in [0.1, 0.15) is 5.65 Å². The van der Waals surface area contributed by atoms with Gasteiger partial charge in [0.05, 0.1) is 0 Å². The van der Waals surface area contributed by atoms with Crippen molar-refractivity contribution in [1.82, 2.24) is 9.55 Å². The minimum atomic E-state index is 0.891. The number of hydrogen-bond donors (Lipinski definition) is 0. The maximum absolute atomic E-state index is 4.49. The van der Waals surface area contributed by atoms with Crippen LogP contribution in [-0.2, 0) is 6.54 Å². The van der Waals surface area contributed by atoms with E-state index in [1.54, 1.807) is 0 Å². The summed E-state index contributed by atoms with van der Waals surface area (Å²) in [6.45, 7) is 1.13. The summed E-state index contributed by atoms with van der Waals surface area (Å²) in [6, 6.07) is 2.15. The van der Waals surface area contributed by atoms with Gasteiger partial charge < -0.3 is 4.57 Å². The van der Waals surface area contributed by atoms with E-state index in [4.69, 9.17) is 0 Å². The van der Waals surface area contributed by atoms with Crippen LogP contribution in [0.1, 0.15) is 12.8 Å². The van der Waals surface area contributed by atoms with Crippen LogP contribution < -0.4 is 0 Å². The zero-order valence-corrected chi connectivity index (χ0v) is 11.8. The molecule has 0 unspecified atom stereocenters.